The van der Waals surface area contributed by atoms with Crippen molar-refractivity contribution in [1.29, 1.82) is 0 Å². The summed E-state index contributed by atoms with van der Waals surface area (Å²) in [6.45, 7) is 5.74. The fourth-order valence-electron chi connectivity index (χ4n) is 3.46. The number of fused-ring (bicyclic) bond motifs is 1. The number of hydrogen-bond acceptors (Lipinski definition) is 6. The Bertz CT molecular complexity index is 1330. The fourth-order valence-corrected chi connectivity index (χ4v) is 3.46. The molecule has 4 aromatic rings. The normalized spacial score (nSPS) is 10.8. The Morgan fingerprint density at radius 1 is 0.879 bits per heavy atom. The zero-order valence-corrected chi connectivity index (χ0v) is 18.7. The molecule has 0 aliphatic heterocycles. The highest BCUT2D eigenvalue weighted by atomic mass is 16.6. The first kappa shape index (κ1) is 22.1. The molecule has 0 atom stereocenters. The van der Waals surface area contributed by atoms with Crippen LogP contribution >= 0.6 is 0 Å². The van der Waals surface area contributed by atoms with Gasteiger partial charge in [0, 0.05) is 6.07 Å². The van der Waals surface area contributed by atoms with Gasteiger partial charge >= 0.3 is 5.97 Å². The summed E-state index contributed by atoms with van der Waals surface area (Å²) in [5.74, 6) is 0.923. The average molecular weight is 444 g/mol. The molecule has 3 aromatic carbocycles. The molecule has 0 spiro atoms. The molecule has 6 nitrogen and oxygen atoms in total. The number of carbonyl (C=O) groups excluding carboxylic acids is 1. The molecule has 0 saturated carbocycles. The van der Waals surface area contributed by atoms with Gasteiger partial charge in [0.2, 0.25) is 11.2 Å². The van der Waals surface area contributed by atoms with Crippen molar-refractivity contribution < 1.29 is 23.4 Å². The Morgan fingerprint density at radius 2 is 1.58 bits per heavy atom. The summed E-state index contributed by atoms with van der Waals surface area (Å²) in [7, 11) is 0. The maximum atomic E-state index is 12.8. The summed E-state index contributed by atoms with van der Waals surface area (Å²) in [4.78, 5) is 25.0. The van der Waals surface area contributed by atoms with Crippen LogP contribution in [0.1, 0.15) is 23.6 Å². The third-order valence-electron chi connectivity index (χ3n) is 5.06. The molecule has 0 unspecified atom stereocenters. The van der Waals surface area contributed by atoms with Crippen LogP contribution in [0, 0.1) is 13.8 Å². The van der Waals surface area contributed by atoms with Gasteiger partial charge in [0.05, 0.1) is 5.39 Å². The standard InChI is InChI=1S/C27H24O6/c1-4-19-5-7-20(8-6-19)32-25-15-31-24-14-21(9-10-23(24)27(25)29)33-26(28)16-30-22-12-17(2)11-18(3)13-22/h5-15H,4,16H2,1-3H3. The predicted molar refractivity (Wildman–Crippen MR) is 125 cm³/mol. The quantitative estimate of drug-likeness (QED) is 0.267. The maximum absolute atomic E-state index is 12.8. The van der Waals surface area contributed by atoms with Crippen molar-refractivity contribution in [2.24, 2.45) is 0 Å². The van der Waals surface area contributed by atoms with Gasteiger partial charge in [-0.15, -0.1) is 0 Å². The lowest BCUT2D eigenvalue weighted by Crippen LogP contribution is -2.17. The fraction of sp³-hybridized carbons (Fsp3) is 0.185. The van der Waals surface area contributed by atoms with Crippen LogP contribution in [-0.2, 0) is 11.2 Å². The molecule has 0 amide bonds. The zero-order chi connectivity index (χ0) is 23.4. The minimum absolute atomic E-state index is 0.0818. The van der Waals surface area contributed by atoms with E-state index in [1.165, 1.54) is 24.0 Å². The lowest BCUT2D eigenvalue weighted by molar-refractivity contribution is -0.136. The summed E-state index contributed by atoms with van der Waals surface area (Å²) in [6, 6.07) is 17.8. The molecule has 0 aliphatic rings. The summed E-state index contributed by atoms with van der Waals surface area (Å²) in [6.07, 6.45) is 2.18. The molecule has 4 rings (SSSR count). The topological polar surface area (TPSA) is 75.0 Å². The van der Waals surface area contributed by atoms with E-state index >= 15 is 0 Å². The summed E-state index contributed by atoms with van der Waals surface area (Å²) >= 11 is 0. The highest BCUT2D eigenvalue weighted by Crippen LogP contribution is 2.24. The van der Waals surface area contributed by atoms with Crippen LogP contribution in [0.15, 0.2) is 76.1 Å². The van der Waals surface area contributed by atoms with E-state index in [4.69, 9.17) is 18.6 Å². The van der Waals surface area contributed by atoms with E-state index in [-0.39, 0.29) is 29.1 Å². The maximum Gasteiger partial charge on any atom is 0.349 e. The number of hydrogen-bond donors (Lipinski definition) is 0. The number of ether oxygens (including phenoxy) is 3. The van der Waals surface area contributed by atoms with E-state index in [2.05, 4.69) is 6.92 Å². The van der Waals surface area contributed by atoms with Gasteiger partial charge in [-0.05, 0) is 73.4 Å². The van der Waals surface area contributed by atoms with Crippen LogP contribution in [0.3, 0.4) is 0 Å². The Balaban J connectivity index is 1.44. The molecule has 0 radical (unpaired) electrons. The molecule has 1 aromatic heterocycles. The molecule has 0 aliphatic carbocycles. The van der Waals surface area contributed by atoms with Crippen LogP contribution in [0.4, 0.5) is 0 Å². The van der Waals surface area contributed by atoms with Crippen molar-refractivity contribution in [2.75, 3.05) is 6.61 Å². The number of rotatable bonds is 7. The van der Waals surface area contributed by atoms with Crippen molar-refractivity contribution >= 4 is 16.9 Å². The Morgan fingerprint density at radius 3 is 2.27 bits per heavy atom. The molecular weight excluding hydrogens is 420 g/mol. The van der Waals surface area contributed by atoms with E-state index < -0.39 is 5.97 Å². The second-order valence-electron chi connectivity index (χ2n) is 7.77. The van der Waals surface area contributed by atoms with Crippen LogP contribution < -0.4 is 19.6 Å². The van der Waals surface area contributed by atoms with Gasteiger partial charge in [-0.2, -0.15) is 0 Å². The van der Waals surface area contributed by atoms with Crippen molar-refractivity contribution in [1.82, 2.24) is 0 Å². The number of aryl methyl sites for hydroxylation is 3. The average Bonchev–Trinajstić information content (AvgIpc) is 2.79. The van der Waals surface area contributed by atoms with Crippen LogP contribution in [0.2, 0.25) is 0 Å². The summed E-state index contributed by atoms with van der Waals surface area (Å²) < 4.78 is 22.1. The van der Waals surface area contributed by atoms with Gasteiger partial charge in [0.25, 0.3) is 0 Å². The van der Waals surface area contributed by atoms with Crippen LogP contribution in [-0.4, -0.2) is 12.6 Å². The van der Waals surface area contributed by atoms with Crippen molar-refractivity contribution in [3.63, 3.8) is 0 Å². The van der Waals surface area contributed by atoms with E-state index in [0.29, 0.717) is 16.9 Å². The minimum Gasteiger partial charge on any atom is -0.482 e. The molecule has 0 fully saturated rings. The predicted octanol–water partition coefficient (Wildman–Crippen LogP) is 5.75. The lowest BCUT2D eigenvalue weighted by atomic mass is 10.1. The molecule has 0 bridgehead atoms. The molecule has 0 saturated heterocycles. The third-order valence-corrected chi connectivity index (χ3v) is 5.06. The first-order chi connectivity index (χ1) is 15.9. The van der Waals surface area contributed by atoms with E-state index in [0.717, 1.165) is 17.5 Å². The third kappa shape index (κ3) is 5.41. The van der Waals surface area contributed by atoms with Gasteiger partial charge in [0.1, 0.15) is 29.1 Å². The molecule has 33 heavy (non-hydrogen) atoms. The molecule has 6 heteroatoms. The summed E-state index contributed by atoms with van der Waals surface area (Å²) in [5, 5.41) is 0.323. The number of carbonyl (C=O) groups is 1. The first-order valence-electron chi connectivity index (χ1n) is 10.7. The van der Waals surface area contributed by atoms with Crippen LogP contribution in [0.25, 0.3) is 11.0 Å². The highest BCUT2D eigenvalue weighted by molar-refractivity contribution is 5.81. The first-order valence-corrected chi connectivity index (χ1v) is 10.7. The number of esters is 1. The summed E-state index contributed by atoms with van der Waals surface area (Å²) in [5.41, 5.74) is 3.24. The Hall–Kier alpha value is -4.06. The second kappa shape index (κ2) is 9.61. The second-order valence-corrected chi connectivity index (χ2v) is 7.77. The van der Waals surface area contributed by atoms with Gasteiger partial charge < -0.3 is 18.6 Å². The van der Waals surface area contributed by atoms with Crippen molar-refractivity contribution in [2.45, 2.75) is 27.2 Å². The largest absolute Gasteiger partial charge is 0.482 e. The Labute approximate surface area is 191 Å². The lowest BCUT2D eigenvalue weighted by Gasteiger charge is -2.09. The zero-order valence-electron chi connectivity index (χ0n) is 18.7. The van der Waals surface area contributed by atoms with Gasteiger partial charge in [-0.1, -0.05) is 25.1 Å². The van der Waals surface area contributed by atoms with Gasteiger partial charge in [0.15, 0.2) is 6.61 Å². The number of benzene rings is 3. The molecular formula is C27H24O6. The minimum atomic E-state index is -0.564. The van der Waals surface area contributed by atoms with E-state index in [1.807, 2.05) is 56.3 Å². The molecule has 1 heterocycles. The van der Waals surface area contributed by atoms with E-state index in [1.54, 1.807) is 6.07 Å². The van der Waals surface area contributed by atoms with Crippen molar-refractivity contribution in [3.05, 3.63) is 93.8 Å². The molecule has 0 N–H and O–H groups in total. The Kier molecular flexibility index (Phi) is 6.45. The van der Waals surface area contributed by atoms with Crippen molar-refractivity contribution in [3.8, 4) is 23.0 Å². The van der Waals surface area contributed by atoms with Gasteiger partial charge in [-0.3, -0.25) is 4.79 Å². The SMILES string of the molecule is CCc1ccc(Oc2coc3cc(OC(=O)COc4cc(C)cc(C)c4)ccc3c2=O)cc1. The van der Waals surface area contributed by atoms with E-state index in [9.17, 15) is 9.59 Å². The highest BCUT2D eigenvalue weighted by Gasteiger charge is 2.12. The van der Waals surface area contributed by atoms with Crippen LogP contribution in [0.5, 0.6) is 23.0 Å². The smallest absolute Gasteiger partial charge is 0.349 e. The monoisotopic (exact) mass is 444 g/mol. The van der Waals surface area contributed by atoms with Gasteiger partial charge in [-0.25, -0.2) is 4.79 Å². The molecule has 168 valence electrons.